The third kappa shape index (κ3) is 3.03. The highest BCUT2D eigenvalue weighted by Gasteiger charge is 2.69. The molecule has 6 nitrogen and oxygen atoms in total. The highest BCUT2D eigenvalue weighted by molar-refractivity contribution is 5.84. The topological polar surface area (TPSA) is 93.1 Å². The van der Waals surface area contributed by atoms with Gasteiger partial charge in [0, 0.05) is 24.3 Å². The van der Waals surface area contributed by atoms with E-state index in [2.05, 4.69) is 19.9 Å². The van der Waals surface area contributed by atoms with E-state index in [1.807, 2.05) is 19.9 Å². The lowest BCUT2D eigenvalue weighted by Crippen LogP contribution is -2.59. The van der Waals surface area contributed by atoms with E-state index in [-0.39, 0.29) is 34.7 Å². The lowest BCUT2D eigenvalue weighted by Gasteiger charge is -2.52. The molecular weight excluding hydrogens is 456 g/mol. The van der Waals surface area contributed by atoms with Crippen molar-refractivity contribution in [3.05, 3.63) is 34.9 Å². The molecule has 6 aliphatic rings. The Bertz CT molecular complexity index is 1130. The Morgan fingerprint density at radius 3 is 2.44 bits per heavy atom. The maximum absolute atomic E-state index is 12.5. The Morgan fingerprint density at radius 1 is 0.944 bits per heavy atom. The van der Waals surface area contributed by atoms with Crippen molar-refractivity contribution in [2.75, 3.05) is 0 Å². The smallest absolute Gasteiger partial charge is 0.341 e. The quantitative estimate of drug-likeness (QED) is 0.518. The standard InChI is InChI=1S/C30H40O6/c1-26(2)20-7-8-21-18(14-17(20)6-9-24(31)36-26)10-12-28(4)22(11-13-27(21,28)3)19-15-30(34)16-23(19)35-25(32)29(30,5)33/h6,9,14,19-20,22-23,33-34H,7-8,10-13,15-16H2,1-5H3/t19-,20+,22?,23+,27-,28+,29-,30-/m0/s1. The number of fused-ring (bicyclic) bond motifs is 5. The minimum absolute atomic E-state index is 0.0161. The highest BCUT2D eigenvalue weighted by Crippen LogP contribution is 2.70. The highest BCUT2D eigenvalue weighted by atomic mass is 16.6. The van der Waals surface area contributed by atoms with Crippen LogP contribution in [0.25, 0.3) is 0 Å². The summed E-state index contributed by atoms with van der Waals surface area (Å²) in [5.74, 6) is -0.432. The molecule has 3 fully saturated rings. The number of aliphatic hydroxyl groups is 2. The number of carbonyl (C=O) groups is 2. The minimum Gasteiger partial charge on any atom is -0.460 e. The van der Waals surface area contributed by atoms with E-state index in [0.717, 1.165) is 38.5 Å². The van der Waals surface area contributed by atoms with Gasteiger partial charge in [0.25, 0.3) is 0 Å². The Hall–Kier alpha value is -1.92. The average Bonchev–Trinajstić information content (AvgIpc) is 3.09. The molecule has 1 saturated heterocycles. The molecule has 0 radical (unpaired) electrons. The van der Waals surface area contributed by atoms with Crippen LogP contribution in [0.2, 0.25) is 0 Å². The number of allylic oxidation sites excluding steroid dienone is 4. The molecule has 2 heterocycles. The second kappa shape index (κ2) is 7.35. The summed E-state index contributed by atoms with van der Waals surface area (Å²) in [6, 6.07) is 0. The normalized spacial score (nSPS) is 49.2. The molecule has 0 aromatic rings. The van der Waals surface area contributed by atoms with Crippen LogP contribution in [0.15, 0.2) is 34.9 Å². The molecule has 6 heteroatoms. The predicted molar refractivity (Wildman–Crippen MR) is 133 cm³/mol. The summed E-state index contributed by atoms with van der Waals surface area (Å²) in [6.07, 6.45) is 12.3. The zero-order chi connectivity index (χ0) is 25.9. The van der Waals surface area contributed by atoms with Gasteiger partial charge in [-0.1, -0.05) is 31.6 Å². The third-order valence-electron chi connectivity index (χ3n) is 11.7. The van der Waals surface area contributed by atoms with E-state index in [0.29, 0.717) is 18.8 Å². The van der Waals surface area contributed by atoms with Crippen LogP contribution in [0.3, 0.4) is 0 Å². The molecule has 196 valence electrons. The van der Waals surface area contributed by atoms with Crippen LogP contribution in [-0.4, -0.2) is 45.1 Å². The van der Waals surface area contributed by atoms with Crippen LogP contribution in [0.4, 0.5) is 0 Å². The van der Waals surface area contributed by atoms with Crippen molar-refractivity contribution in [2.45, 2.75) is 109 Å². The summed E-state index contributed by atoms with van der Waals surface area (Å²) in [5, 5.41) is 22.1. The van der Waals surface area contributed by atoms with Gasteiger partial charge < -0.3 is 19.7 Å². The van der Waals surface area contributed by atoms with Crippen molar-refractivity contribution in [2.24, 2.45) is 28.6 Å². The lowest BCUT2D eigenvalue weighted by molar-refractivity contribution is -0.212. The monoisotopic (exact) mass is 496 g/mol. The van der Waals surface area contributed by atoms with E-state index < -0.39 is 22.8 Å². The first-order valence-corrected chi connectivity index (χ1v) is 13.7. The Kier molecular flexibility index (Phi) is 4.98. The molecule has 8 atom stereocenters. The Balaban J connectivity index is 1.35. The largest absolute Gasteiger partial charge is 0.460 e. The maximum Gasteiger partial charge on any atom is 0.341 e. The lowest BCUT2D eigenvalue weighted by atomic mass is 9.52. The molecule has 36 heavy (non-hydrogen) atoms. The summed E-state index contributed by atoms with van der Waals surface area (Å²) in [5.41, 5.74) is 0.366. The van der Waals surface area contributed by atoms with Crippen LogP contribution in [0.5, 0.6) is 0 Å². The molecule has 2 bridgehead atoms. The SMILES string of the molecule is CC1(C)OC(=O)C=CC2=CC3=C(CC[C@H]21)[C@]1(C)CCC([C@@H]2C[C@]4(O)C[C@H]2OC(=O)[C@]4(C)O)[C@@]1(C)CC3. The van der Waals surface area contributed by atoms with Crippen LogP contribution < -0.4 is 0 Å². The van der Waals surface area contributed by atoms with Gasteiger partial charge >= 0.3 is 11.9 Å². The minimum atomic E-state index is -1.85. The molecule has 4 aliphatic carbocycles. The number of rotatable bonds is 1. The van der Waals surface area contributed by atoms with Gasteiger partial charge in [-0.2, -0.15) is 0 Å². The van der Waals surface area contributed by atoms with Gasteiger partial charge in [0.15, 0.2) is 5.60 Å². The number of esters is 2. The number of hydrogen-bond acceptors (Lipinski definition) is 6. The van der Waals surface area contributed by atoms with E-state index in [4.69, 9.17) is 9.47 Å². The van der Waals surface area contributed by atoms with Crippen molar-refractivity contribution in [3.63, 3.8) is 0 Å². The third-order valence-corrected chi connectivity index (χ3v) is 11.7. The molecule has 0 aromatic heterocycles. The van der Waals surface area contributed by atoms with Crippen LogP contribution in [0.1, 0.15) is 86.0 Å². The van der Waals surface area contributed by atoms with E-state index in [1.54, 1.807) is 11.6 Å². The number of hydrogen-bond donors (Lipinski definition) is 2. The zero-order valence-electron chi connectivity index (χ0n) is 22.2. The molecule has 0 amide bonds. The van der Waals surface area contributed by atoms with Gasteiger partial charge in [0.05, 0.1) is 0 Å². The number of cyclic esters (lactones) is 1. The summed E-state index contributed by atoms with van der Waals surface area (Å²) in [7, 11) is 0. The molecule has 1 unspecified atom stereocenters. The maximum atomic E-state index is 12.5. The summed E-state index contributed by atoms with van der Waals surface area (Å²) in [6.45, 7) is 10.3. The molecule has 2 saturated carbocycles. The molecular formula is C30H40O6. The zero-order valence-corrected chi connectivity index (χ0v) is 22.2. The van der Waals surface area contributed by atoms with Crippen molar-refractivity contribution in [3.8, 4) is 0 Å². The van der Waals surface area contributed by atoms with Gasteiger partial charge in [-0.15, -0.1) is 0 Å². The van der Waals surface area contributed by atoms with E-state index in [1.165, 1.54) is 18.1 Å². The Labute approximate surface area is 213 Å². The van der Waals surface area contributed by atoms with Crippen molar-refractivity contribution >= 4 is 11.9 Å². The second-order valence-corrected chi connectivity index (χ2v) is 13.6. The fraction of sp³-hybridized carbons (Fsp3) is 0.733. The van der Waals surface area contributed by atoms with E-state index in [9.17, 15) is 19.8 Å². The van der Waals surface area contributed by atoms with Crippen LogP contribution >= 0.6 is 0 Å². The van der Waals surface area contributed by atoms with Gasteiger partial charge in [-0.05, 0) is 93.6 Å². The first-order valence-electron chi connectivity index (χ1n) is 13.7. The molecule has 0 aromatic carbocycles. The van der Waals surface area contributed by atoms with E-state index >= 15 is 0 Å². The Morgan fingerprint density at radius 2 is 1.69 bits per heavy atom. The predicted octanol–water partition coefficient (Wildman–Crippen LogP) is 4.54. The number of carbonyl (C=O) groups excluding carboxylic acids is 2. The van der Waals surface area contributed by atoms with Gasteiger partial charge in [-0.3, -0.25) is 0 Å². The fourth-order valence-corrected chi connectivity index (χ4v) is 9.25. The van der Waals surface area contributed by atoms with Crippen molar-refractivity contribution < 1.29 is 29.3 Å². The van der Waals surface area contributed by atoms with Crippen molar-refractivity contribution in [1.82, 2.24) is 0 Å². The van der Waals surface area contributed by atoms with Crippen LogP contribution in [0, 0.1) is 28.6 Å². The molecule has 2 aliphatic heterocycles. The average molecular weight is 497 g/mol. The van der Waals surface area contributed by atoms with Gasteiger partial charge in [0.2, 0.25) is 0 Å². The second-order valence-electron chi connectivity index (χ2n) is 13.6. The summed E-state index contributed by atoms with van der Waals surface area (Å²) in [4.78, 5) is 24.7. The number of ether oxygens (including phenoxy) is 2. The summed E-state index contributed by atoms with van der Waals surface area (Å²) < 4.78 is 11.6. The first-order chi connectivity index (χ1) is 16.7. The summed E-state index contributed by atoms with van der Waals surface area (Å²) >= 11 is 0. The molecule has 2 N–H and O–H groups in total. The fourth-order valence-electron chi connectivity index (χ4n) is 9.25. The van der Waals surface area contributed by atoms with Gasteiger partial charge in [-0.25, -0.2) is 9.59 Å². The van der Waals surface area contributed by atoms with Gasteiger partial charge in [0.1, 0.15) is 17.3 Å². The molecule has 6 rings (SSSR count). The van der Waals surface area contributed by atoms with Crippen molar-refractivity contribution in [1.29, 1.82) is 0 Å². The van der Waals surface area contributed by atoms with Crippen LogP contribution in [-0.2, 0) is 19.1 Å². The molecule has 0 spiro atoms. The first kappa shape index (κ1) is 24.4.